The molecule has 2 aliphatic rings. The largest absolute Gasteiger partial charge is 0.292 e. The van der Waals surface area contributed by atoms with Crippen LogP contribution in [0, 0.1) is 0 Å². The Morgan fingerprint density at radius 2 is 1.00 bits per heavy atom. The maximum Gasteiger partial charge on any atom is 0.207 e. The molecule has 0 saturated heterocycles. The second-order valence-corrected chi connectivity index (χ2v) is 14.6. The van der Waals surface area contributed by atoms with Gasteiger partial charge < -0.3 is 0 Å². The zero-order valence-electron chi connectivity index (χ0n) is 26.3. The highest BCUT2D eigenvalue weighted by atomic mass is 32.2. The van der Waals surface area contributed by atoms with E-state index in [-0.39, 0.29) is 0 Å². The predicted molar refractivity (Wildman–Crippen MR) is 195 cm³/mol. The molecule has 7 aromatic carbocycles. The summed E-state index contributed by atoms with van der Waals surface area (Å²) in [7, 11) is -3.80. The van der Waals surface area contributed by atoms with Gasteiger partial charge in [0, 0.05) is 11.3 Å². The Morgan fingerprint density at radius 3 is 1.69 bits per heavy atom. The lowest BCUT2D eigenvalue weighted by Gasteiger charge is -2.42. The van der Waals surface area contributed by atoms with Crippen LogP contribution >= 0.6 is 0 Å². The molecule has 2 heterocycles. The number of rotatable bonds is 2. The van der Waals surface area contributed by atoms with E-state index in [4.69, 9.17) is 4.98 Å². The molecule has 10 rings (SSSR count). The fourth-order valence-corrected chi connectivity index (χ4v) is 10.1. The minimum atomic E-state index is -3.80. The average Bonchev–Trinajstić information content (AvgIpc) is 3.51. The molecule has 0 saturated carbocycles. The summed E-state index contributed by atoms with van der Waals surface area (Å²) in [5.74, 6) is 0.821. The Labute approximate surface area is 284 Å². The highest BCUT2D eigenvalue weighted by molar-refractivity contribution is 7.91. The zero-order valence-corrected chi connectivity index (χ0v) is 27.1. The minimum absolute atomic E-state index is 0.335. The number of hydrogen-bond donors (Lipinski definition) is 0. The van der Waals surface area contributed by atoms with Crippen LogP contribution in [0.3, 0.4) is 0 Å². The molecular weight excluding hydrogens is 621 g/mol. The smallest absolute Gasteiger partial charge is 0.207 e. The second kappa shape index (κ2) is 10.2. The van der Waals surface area contributed by atoms with E-state index in [0.29, 0.717) is 9.79 Å². The van der Waals surface area contributed by atoms with Crippen LogP contribution in [-0.4, -0.2) is 18.0 Å². The van der Waals surface area contributed by atoms with E-state index in [1.807, 2.05) is 72.8 Å². The summed E-state index contributed by atoms with van der Waals surface area (Å²) in [6.07, 6.45) is 0. The van der Waals surface area contributed by atoms with Crippen molar-refractivity contribution in [3.63, 3.8) is 0 Å². The first-order valence-electron chi connectivity index (χ1n) is 16.4. The number of benzene rings is 7. The molecule has 5 heteroatoms. The summed E-state index contributed by atoms with van der Waals surface area (Å²) in [4.78, 5) is 5.90. The average molecular weight is 649 g/mol. The highest BCUT2D eigenvalue weighted by Gasteiger charge is 2.51. The maximum absolute atomic E-state index is 14.4. The number of nitrogens with zero attached hydrogens (tertiary/aromatic N) is 2. The lowest BCUT2D eigenvalue weighted by Crippen LogP contribution is -2.38. The Hall–Kier alpha value is -6.04. The summed E-state index contributed by atoms with van der Waals surface area (Å²) in [5, 5.41) is 0. The van der Waals surface area contributed by atoms with Crippen LogP contribution in [-0.2, 0) is 15.3 Å². The van der Waals surface area contributed by atoms with Crippen molar-refractivity contribution in [1.29, 1.82) is 0 Å². The minimum Gasteiger partial charge on any atom is -0.292 e. The Morgan fingerprint density at radius 1 is 0.469 bits per heavy atom. The van der Waals surface area contributed by atoms with Gasteiger partial charge in [-0.3, -0.25) is 4.57 Å². The van der Waals surface area contributed by atoms with Crippen molar-refractivity contribution < 1.29 is 8.42 Å². The molecule has 0 radical (unpaired) electrons. The number of hydrogen-bond acceptors (Lipinski definition) is 3. The van der Waals surface area contributed by atoms with Gasteiger partial charge in [-0.25, -0.2) is 13.4 Å². The van der Waals surface area contributed by atoms with Gasteiger partial charge in [0.2, 0.25) is 9.84 Å². The molecule has 0 unspecified atom stereocenters. The van der Waals surface area contributed by atoms with Crippen LogP contribution in [0.1, 0.15) is 22.3 Å². The fourth-order valence-electron chi connectivity index (χ4n) is 8.29. The van der Waals surface area contributed by atoms with Crippen LogP contribution in [0.5, 0.6) is 0 Å². The number of aromatic nitrogens is 2. The maximum atomic E-state index is 14.4. The van der Waals surface area contributed by atoms with E-state index < -0.39 is 15.3 Å². The Bertz CT molecular complexity index is 2690. The molecule has 4 nitrogen and oxygen atoms in total. The molecule has 1 spiro atoms. The van der Waals surface area contributed by atoms with E-state index in [1.54, 1.807) is 12.1 Å². The van der Waals surface area contributed by atoms with Crippen molar-refractivity contribution in [2.75, 3.05) is 0 Å². The van der Waals surface area contributed by atoms with Gasteiger partial charge in [-0.05, 0) is 87.0 Å². The molecule has 0 amide bonds. The van der Waals surface area contributed by atoms with Crippen LogP contribution in [0.25, 0.3) is 50.4 Å². The van der Waals surface area contributed by atoms with Crippen LogP contribution in [0.2, 0.25) is 0 Å². The normalized spacial score (nSPS) is 14.6. The first kappa shape index (κ1) is 28.0. The van der Waals surface area contributed by atoms with Gasteiger partial charge >= 0.3 is 0 Å². The van der Waals surface area contributed by atoms with Gasteiger partial charge in [-0.1, -0.05) is 127 Å². The van der Waals surface area contributed by atoms with Gasteiger partial charge in [0.1, 0.15) is 5.82 Å². The number of para-hydroxylation sites is 3. The van der Waals surface area contributed by atoms with Crippen LogP contribution < -0.4 is 0 Å². The number of imidazole rings is 1. The second-order valence-electron chi connectivity index (χ2n) is 12.7. The lowest BCUT2D eigenvalue weighted by molar-refractivity contribution is 0.579. The van der Waals surface area contributed by atoms with Crippen molar-refractivity contribution in [1.82, 2.24) is 9.55 Å². The molecule has 0 bridgehead atoms. The molecule has 1 aromatic heterocycles. The van der Waals surface area contributed by atoms with Gasteiger partial charge in [0.15, 0.2) is 0 Å². The third-order valence-electron chi connectivity index (χ3n) is 10.3. The van der Waals surface area contributed by atoms with Gasteiger partial charge in [-0.15, -0.1) is 0 Å². The SMILES string of the molecule is O=S1(=O)c2ccccc2C2(c3ccccc3-c3ccccc3-c3ccc(-c4nc5ccccc5n4-c4ccccc4)cc32)c2ccccc21. The fraction of sp³-hybridized carbons (Fsp3) is 0.0227. The molecule has 0 atom stereocenters. The van der Waals surface area contributed by atoms with Crippen molar-refractivity contribution in [3.8, 4) is 39.3 Å². The summed E-state index contributed by atoms with van der Waals surface area (Å²) < 4.78 is 31.1. The molecule has 1 aliphatic heterocycles. The standard InChI is InChI=1S/C44H28N2O2S/c47-49(48)41-24-12-8-20-36(41)44(37-21-9-13-25-42(37)49)35-19-7-6-18-33(35)31-16-4-5-17-32(31)34-27-26-29(28-38(34)44)43-45-39-22-10-11-23-40(39)46(43)30-14-2-1-3-15-30/h1-28H. The molecular formula is C44H28N2O2S. The van der Waals surface area contributed by atoms with Crippen molar-refractivity contribution >= 4 is 20.9 Å². The first-order valence-corrected chi connectivity index (χ1v) is 17.9. The van der Waals surface area contributed by atoms with Crippen LogP contribution in [0.4, 0.5) is 0 Å². The molecule has 0 fully saturated rings. The Balaban J connectivity index is 1.41. The van der Waals surface area contributed by atoms with Crippen LogP contribution in [0.15, 0.2) is 180 Å². The third kappa shape index (κ3) is 3.73. The number of fused-ring (bicyclic) bond motifs is 12. The monoisotopic (exact) mass is 648 g/mol. The summed E-state index contributed by atoms with van der Waals surface area (Å²) in [5.41, 5.74) is 10.9. The van der Waals surface area contributed by atoms with Gasteiger partial charge in [0.05, 0.1) is 26.2 Å². The summed E-state index contributed by atoms with van der Waals surface area (Å²) >= 11 is 0. The van der Waals surface area contributed by atoms with E-state index in [9.17, 15) is 8.42 Å². The highest BCUT2D eigenvalue weighted by Crippen LogP contribution is 2.59. The molecule has 0 N–H and O–H groups in total. The molecule has 232 valence electrons. The molecule has 8 aromatic rings. The molecule has 49 heavy (non-hydrogen) atoms. The quantitative estimate of drug-likeness (QED) is 0.188. The predicted octanol–water partition coefficient (Wildman–Crippen LogP) is 9.87. The zero-order chi connectivity index (χ0) is 32.7. The van der Waals surface area contributed by atoms with Gasteiger partial charge in [-0.2, -0.15) is 0 Å². The number of sulfone groups is 1. The lowest BCUT2D eigenvalue weighted by atomic mass is 9.63. The van der Waals surface area contributed by atoms with Gasteiger partial charge in [0.25, 0.3) is 0 Å². The van der Waals surface area contributed by atoms with E-state index in [2.05, 4.69) is 89.5 Å². The Kier molecular flexibility index (Phi) is 5.85. The third-order valence-corrected chi connectivity index (χ3v) is 12.1. The summed E-state index contributed by atoms with van der Waals surface area (Å²) in [6.45, 7) is 0. The first-order chi connectivity index (χ1) is 24.1. The van der Waals surface area contributed by atoms with E-state index >= 15 is 0 Å². The van der Waals surface area contributed by atoms with E-state index in [0.717, 1.165) is 72.6 Å². The van der Waals surface area contributed by atoms with Crippen molar-refractivity contribution in [2.24, 2.45) is 0 Å². The van der Waals surface area contributed by atoms with Crippen molar-refractivity contribution in [3.05, 3.63) is 192 Å². The summed E-state index contributed by atoms with van der Waals surface area (Å²) in [6, 6.07) is 57.3. The van der Waals surface area contributed by atoms with Crippen molar-refractivity contribution in [2.45, 2.75) is 15.2 Å². The topological polar surface area (TPSA) is 52.0 Å². The van der Waals surface area contributed by atoms with E-state index in [1.165, 1.54) is 0 Å². The molecule has 1 aliphatic carbocycles.